The van der Waals surface area contributed by atoms with Gasteiger partial charge in [-0.3, -0.25) is 4.98 Å². The molecule has 72 valence electrons. The third-order valence-electron chi connectivity index (χ3n) is 1.66. The maximum Gasteiger partial charge on any atom is 0.0411 e. The van der Waals surface area contributed by atoms with E-state index in [2.05, 4.69) is 23.4 Å². The summed E-state index contributed by atoms with van der Waals surface area (Å²) in [6.07, 6.45) is 5.11. The lowest BCUT2D eigenvalue weighted by atomic mass is 10.3. The highest BCUT2D eigenvalue weighted by atomic mass is 32.2. The molecule has 0 aliphatic carbocycles. The van der Waals surface area contributed by atoms with Gasteiger partial charge in [0.1, 0.15) is 0 Å². The highest BCUT2D eigenvalue weighted by Gasteiger charge is 1.93. The van der Waals surface area contributed by atoms with Crippen LogP contribution in [0.2, 0.25) is 0 Å². The second-order valence-electron chi connectivity index (χ2n) is 2.68. The molecule has 1 aromatic heterocycles. The molecule has 0 bridgehead atoms. The van der Waals surface area contributed by atoms with Gasteiger partial charge in [-0.15, -0.1) is 0 Å². The fraction of sp³-hybridized carbons (Fsp3) is 0.500. The Morgan fingerprint density at radius 3 is 2.85 bits per heavy atom. The first-order chi connectivity index (χ1) is 6.43. The minimum Gasteiger partial charge on any atom is -0.261 e. The Morgan fingerprint density at radius 2 is 2.15 bits per heavy atom. The van der Waals surface area contributed by atoms with Crippen molar-refractivity contribution in [1.29, 1.82) is 0 Å². The summed E-state index contributed by atoms with van der Waals surface area (Å²) in [5.41, 5.74) is 1.21. The van der Waals surface area contributed by atoms with E-state index in [-0.39, 0.29) is 0 Å². The van der Waals surface area contributed by atoms with E-state index in [0.717, 1.165) is 6.42 Å². The van der Waals surface area contributed by atoms with Crippen molar-refractivity contribution in [3.63, 3.8) is 0 Å². The largest absolute Gasteiger partial charge is 0.261 e. The summed E-state index contributed by atoms with van der Waals surface area (Å²) < 4.78 is 0. The Hall–Kier alpha value is -0.150. The van der Waals surface area contributed by atoms with E-state index >= 15 is 0 Å². The molecule has 0 aliphatic heterocycles. The quantitative estimate of drug-likeness (QED) is 0.674. The molecular formula is C10H15NS2. The van der Waals surface area contributed by atoms with E-state index < -0.39 is 0 Å². The van der Waals surface area contributed by atoms with E-state index in [1.807, 2.05) is 35.8 Å². The van der Waals surface area contributed by atoms with E-state index in [9.17, 15) is 0 Å². The number of pyridine rings is 1. The zero-order valence-electron chi connectivity index (χ0n) is 7.90. The predicted octanol–water partition coefficient (Wildman–Crippen LogP) is 2.72. The lowest BCUT2D eigenvalue weighted by molar-refractivity contribution is 1.05. The van der Waals surface area contributed by atoms with Gasteiger partial charge in [-0.25, -0.2) is 0 Å². The van der Waals surface area contributed by atoms with Crippen molar-refractivity contribution in [1.82, 2.24) is 4.98 Å². The van der Waals surface area contributed by atoms with Crippen molar-refractivity contribution in [2.24, 2.45) is 0 Å². The minimum atomic E-state index is 1.10. The van der Waals surface area contributed by atoms with Crippen LogP contribution in [0.15, 0.2) is 24.4 Å². The topological polar surface area (TPSA) is 12.9 Å². The van der Waals surface area contributed by atoms with E-state index in [1.54, 1.807) is 0 Å². The highest BCUT2D eigenvalue weighted by molar-refractivity contribution is 8.02. The molecule has 0 amide bonds. The Balaban J connectivity index is 2.07. The van der Waals surface area contributed by atoms with Crippen LogP contribution in [0.5, 0.6) is 0 Å². The molecule has 1 heterocycles. The number of aromatic nitrogens is 1. The maximum atomic E-state index is 4.28. The Morgan fingerprint density at radius 1 is 1.23 bits per heavy atom. The van der Waals surface area contributed by atoms with Crippen LogP contribution in [0.4, 0.5) is 0 Å². The van der Waals surface area contributed by atoms with Crippen LogP contribution in [0.1, 0.15) is 5.69 Å². The van der Waals surface area contributed by atoms with Crippen LogP contribution in [-0.2, 0) is 6.42 Å². The summed E-state index contributed by atoms with van der Waals surface area (Å²) in [7, 11) is 0. The highest BCUT2D eigenvalue weighted by Crippen LogP contribution is 2.06. The van der Waals surface area contributed by atoms with E-state index in [4.69, 9.17) is 0 Å². The monoisotopic (exact) mass is 213 g/mol. The Bertz CT molecular complexity index is 213. The summed E-state index contributed by atoms with van der Waals surface area (Å²) in [5.74, 6) is 3.71. The van der Waals surface area contributed by atoms with Gasteiger partial charge in [0.05, 0.1) is 0 Å². The fourth-order valence-electron chi connectivity index (χ4n) is 0.967. The molecule has 13 heavy (non-hydrogen) atoms. The average molecular weight is 213 g/mol. The Kier molecular flexibility index (Phi) is 6.11. The second kappa shape index (κ2) is 7.27. The molecule has 3 heteroatoms. The van der Waals surface area contributed by atoms with Crippen LogP contribution < -0.4 is 0 Å². The lowest BCUT2D eigenvalue weighted by Crippen LogP contribution is -1.93. The predicted molar refractivity (Wildman–Crippen MR) is 63.6 cm³/mol. The summed E-state index contributed by atoms with van der Waals surface area (Å²) >= 11 is 3.92. The van der Waals surface area contributed by atoms with Gasteiger partial charge < -0.3 is 0 Å². The normalized spacial score (nSPS) is 10.2. The second-order valence-corrected chi connectivity index (χ2v) is 4.89. The number of aryl methyl sites for hydroxylation is 1. The van der Waals surface area contributed by atoms with Crippen molar-refractivity contribution in [2.75, 3.05) is 23.5 Å². The van der Waals surface area contributed by atoms with Crippen molar-refractivity contribution >= 4 is 23.5 Å². The first-order valence-electron chi connectivity index (χ1n) is 4.40. The van der Waals surface area contributed by atoms with Gasteiger partial charge in [0.2, 0.25) is 0 Å². The molecule has 0 N–H and O–H groups in total. The molecule has 0 spiro atoms. The van der Waals surface area contributed by atoms with Gasteiger partial charge in [0.25, 0.3) is 0 Å². The van der Waals surface area contributed by atoms with Gasteiger partial charge in [0.15, 0.2) is 0 Å². The summed E-state index contributed by atoms with van der Waals surface area (Å²) in [6.45, 7) is 0. The van der Waals surface area contributed by atoms with Crippen LogP contribution in [0.25, 0.3) is 0 Å². The van der Waals surface area contributed by atoms with Gasteiger partial charge in [-0.05, 0) is 30.6 Å². The summed E-state index contributed by atoms with van der Waals surface area (Å²) in [6, 6.07) is 6.11. The zero-order valence-corrected chi connectivity index (χ0v) is 9.53. The fourth-order valence-corrected chi connectivity index (χ4v) is 2.66. The molecule has 0 aromatic carbocycles. The number of thioether (sulfide) groups is 2. The van der Waals surface area contributed by atoms with E-state index in [0.29, 0.717) is 0 Å². The molecule has 0 aliphatic rings. The van der Waals surface area contributed by atoms with Crippen molar-refractivity contribution in [3.8, 4) is 0 Å². The maximum absolute atomic E-state index is 4.28. The summed E-state index contributed by atoms with van der Waals surface area (Å²) in [4.78, 5) is 4.28. The third-order valence-corrected chi connectivity index (χ3v) is 3.52. The first kappa shape index (κ1) is 10.9. The van der Waals surface area contributed by atoms with Crippen LogP contribution in [-0.4, -0.2) is 28.5 Å². The number of hydrogen-bond acceptors (Lipinski definition) is 3. The van der Waals surface area contributed by atoms with Gasteiger partial charge in [0, 0.05) is 23.4 Å². The van der Waals surface area contributed by atoms with E-state index in [1.165, 1.54) is 23.0 Å². The number of rotatable bonds is 6. The Labute approximate surface area is 88.7 Å². The molecule has 0 fully saturated rings. The molecule has 0 unspecified atom stereocenters. The van der Waals surface area contributed by atoms with Crippen LogP contribution >= 0.6 is 23.5 Å². The van der Waals surface area contributed by atoms with Gasteiger partial charge in [-0.1, -0.05) is 6.07 Å². The van der Waals surface area contributed by atoms with Crippen molar-refractivity contribution in [3.05, 3.63) is 30.1 Å². The minimum absolute atomic E-state index is 1.10. The molecule has 1 rings (SSSR count). The zero-order chi connectivity index (χ0) is 9.36. The van der Waals surface area contributed by atoms with Gasteiger partial charge >= 0.3 is 0 Å². The number of nitrogens with zero attached hydrogens (tertiary/aromatic N) is 1. The number of hydrogen-bond donors (Lipinski definition) is 0. The molecule has 1 nitrogen and oxygen atoms in total. The molecule has 0 atom stereocenters. The van der Waals surface area contributed by atoms with Crippen LogP contribution in [0.3, 0.4) is 0 Å². The van der Waals surface area contributed by atoms with Gasteiger partial charge in [-0.2, -0.15) is 23.5 Å². The smallest absolute Gasteiger partial charge is 0.0411 e. The first-order valence-corrected chi connectivity index (χ1v) is 6.95. The molecule has 0 saturated heterocycles. The third kappa shape index (κ3) is 5.21. The van der Waals surface area contributed by atoms with Crippen LogP contribution in [0, 0.1) is 0 Å². The molecule has 1 aromatic rings. The molecule has 0 saturated carbocycles. The summed E-state index contributed by atoms with van der Waals surface area (Å²) in [5, 5.41) is 0. The molecule has 0 radical (unpaired) electrons. The lowest BCUT2D eigenvalue weighted by Gasteiger charge is -1.99. The SMILES string of the molecule is CSCCSCCc1ccccn1. The van der Waals surface area contributed by atoms with Crippen molar-refractivity contribution in [2.45, 2.75) is 6.42 Å². The molecular weight excluding hydrogens is 198 g/mol. The average Bonchev–Trinajstić information content (AvgIpc) is 2.19. The standard InChI is InChI=1S/C10H15NS2/c1-12-8-9-13-7-5-10-4-2-3-6-11-10/h2-4,6H,5,7-9H2,1H3. The van der Waals surface area contributed by atoms with Crippen molar-refractivity contribution < 1.29 is 0 Å².